The molecule has 0 bridgehead atoms. The van der Waals surface area contributed by atoms with Crippen molar-refractivity contribution in [2.24, 2.45) is 0 Å². The van der Waals surface area contributed by atoms with E-state index < -0.39 is 0 Å². The van der Waals surface area contributed by atoms with Crippen LogP contribution >= 0.6 is 0 Å². The summed E-state index contributed by atoms with van der Waals surface area (Å²) in [6.07, 6.45) is 0. The minimum atomic E-state index is -0.0122. The van der Waals surface area contributed by atoms with Gasteiger partial charge in [-0.2, -0.15) is 5.26 Å². The molecule has 108 valence electrons. The summed E-state index contributed by atoms with van der Waals surface area (Å²) < 4.78 is 0. The van der Waals surface area contributed by atoms with Gasteiger partial charge in [0.25, 0.3) is 0 Å². The first-order valence-corrected chi connectivity index (χ1v) is 7.25. The molecule has 2 rings (SSSR count). The number of aromatic nitrogens is 2. The molecule has 1 aliphatic heterocycles. The van der Waals surface area contributed by atoms with Gasteiger partial charge in [-0.1, -0.05) is 13.8 Å². The van der Waals surface area contributed by atoms with E-state index in [1.807, 2.05) is 13.8 Å². The molecule has 0 aromatic carbocycles. The summed E-state index contributed by atoms with van der Waals surface area (Å²) in [6, 6.07) is 4.34. The van der Waals surface area contributed by atoms with Crippen LogP contribution in [0.3, 0.4) is 0 Å². The standard InChI is InChI=1S/C15H23N5/c1-11(2)14-9-12(3)17-15(18-14)20-7-5-19(6-8-20)13(4)10-16/h9,11,13H,5-8H2,1-4H3. The van der Waals surface area contributed by atoms with Crippen LogP contribution < -0.4 is 4.90 Å². The Bertz CT molecular complexity index is 497. The van der Waals surface area contributed by atoms with E-state index in [9.17, 15) is 0 Å². The van der Waals surface area contributed by atoms with Gasteiger partial charge in [0, 0.05) is 37.6 Å². The largest absolute Gasteiger partial charge is 0.338 e. The molecule has 0 amide bonds. The highest BCUT2D eigenvalue weighted by Gasteiger charge is 2.22. The summed E-state index contributed by atoms with van der Waals surface area (Å²) in [5.41, 5.74) is 2.12. The Hall–Kier alpha value is -1.67. The molecule has 0 radical (unpaired) electrons. The molecule has 0 spiro atoms. The van der Waals surface area contributed by atoms with E-state index in [4.69, 9.17) is 5.26 Å². The second-order valence-corrected chi connectivity index (χ2v) is 5.72. The zero-order valence-corrected chi connectivity index (χ0v) is 12.8. The Morgan fingerprint density at radius 2 is 1.80 bits per heavy atom. The number of hydrogen-bond donors (Lipinski definition) is 0. The van der Waals surface area contributed by atoms with Crippen LogP contribution in [0.1, 0.15) is 38.1 Å². The Labute approximate surface area is 121 Å². The lowest BCUT2D eigenvalue weighted by molar-refractivity contribution is 0.230. The second kappa shape index (κ2) is 6.19. The van der Waals surface area contributed by atoms with E-state index in [1.54, 1.807) is 0 Å². The van der Waals surface area contributed by atoms with Crippen LogP contribution in [0.2, 0.25) is 0 Å². The molecule has 1 aromatic heterocycles. The van der Waals surface area contributed by atoms with E-state index in [2.05, 4.69) is 45.8 Å². The van der Waals surface area contributed by atoms with Gasteiger partial charge in [-0.15, -0.1) is 0 Å². The molecule has 0 N–H and O–H groups in total. The Balaban J connectivity index is 2.09. The zero-order chi connectivity index (χ0) is 14.7. The second-order valence-electron chi connectivity index (χ2n) is 5.72. The maximum absolute atomic E-state index is 8.97. The first kappa shape index (κ1) is 14.7. The first-order chi connectivity index (χ1) is 9.51. The molecular weight excluding hydrogens is 250 g/mol. The molecule has 0 saturated carbocycles. The molecular formula is C15H23N5. The number of hydrogen-bond acceptors (Lipinski definition) is 5. The van der Waals surface area contributed by atoms with Crippen LogP contribution in [0.5, 0.6) is 0 Å². The number of nitriles is 1. The van der Waals surface area contributed by atoms with Crippen LogP contribution in [0.4, 0.5) is 5.95 Å². The van der Waals surface area contributed by atoms with Crippen molar-refractivity contribution in [3.8, 4) is 6.07 Å². The molecule has 1 aromatic rings. The van der Waals surface area contributed by atoms with Crippen molar-refractivity contribution in [3.63, 3.8) is 0 Å². The van der Waals surface area contributed by atoms with Gasteiger partial charge in [0.2, 0.25) is 5.95 Å². The van der Waals surface area contributed by atoms with Gasteiger partial charge in [0.1, 0.15) is 0 Å². The van der Waals surface area contributed by atoms with Crippen molar-refractivity contribution in [1.82, 2.24) is 14.9 Å². The number of aryl methyl sites for hydroxylation is 1. The van der Waals surface area contributed by atoms with Crippen molar-refractivity contribution in [1.29, 1.82) is 5.26 Å². The number of piperazine rings is 1. The van der Waals surface area contributed by atoms with Crippen LogP contribution in [0, 0.1) is 18.3 Å². The third kappa shape index (κ3) is 3.26. The van der Waals surface area contributed by atoms with Gasteiger partial charge < -0.3 is 4.90 Å². The number of anilines is 1. The van der Waals surface area contributed by atoms with Gasteiger partial charge in [0.05, 0.1) is 12.1 Å². The van der Waals surface area contributed by atoms with Gasteiger partial charge in [-0.3, -0.25) is 4.90 Å². The minimum Gasteiger partial charge on any atom is -0.338 e. The van der Waals surface area contributed by atoms with E-state index in [-0.39, 0.29) is 6.04 Å². The van der Waals surface area contributed by atoms with E-state index in [1.165, 1.54) is 0 Å². The third-order valence-electron chi connectivity index (χ3n) is 3.79. The lowest BCUT2D eigenvalue weighted by atomic mass is 10.1. The summed E-state index contributed by atoms with van der Waals surface area (Å²) in [5.74, 6) is 1.24. The van der Waals surface area contributed by atoms with Crippen LogP contribution in [-0.2, 0) is 0 Å². The Morgan fingerprint density at radius 1 is 1.15 bits per heavy atom. The van der Waals surface area contributed by atoms with Gasteiger partial charge in [0.15, 0.2) is 0 Å². The first-order valence-electron chi connectivity index (χ1n) is 7.25. The van der Waals surface area contributed by atoms with E-state index in [0.29, 0.717) is 5.92 Å². The quantitative estimate of drug-likeness (QED) is 0.842. The summed E-state index contributed by atoms with van der Waals surface area (Å²) in [6.45, 7) is 11.8. The van der Waals surface area contributed by atoms with E-state index in [0.717, 1.165) is 43.5 Å². The maximum Gasteiger partial charge on any atom is 0.225 e. The average molecular weight is 273 g/mol. The molecule has 1 atom stereocenters. The summed E-state index contributed by atoms with van der Waals surface area (Å²) >= 11 is 0. The van der Waals surface area contributed by atoms with Gasteiger partial charge in [-0.05, 0) is 25.8 Å². The highest BCUT2D eigenvalue weighted by Crippen LogP contribution is 2.18. The van der Waals surface area contributed by atoms with Gasteiger partial charge >= 0.3 is 0 Å². The molecule has 20 heavy (non-hydrogen) atoms. The van der Waals surface area contributed by atoms with Gasteiger partial charge in [-0.25, -0.2) is 9.97 Å². The van der Waals surface area contributed by atoms with Crippen molar-refractivity contribution in [3.05, 3.63) is 17.5 Å². The predicted molar refractivity (Wildman–Crippen MR) is 79.7 cm³/mol. The third-order valence-corrected chi connectivity index (χ3v) is 3.79. The van der Waals surface area contributed by atoms with Crippen LogP contribution in [0.15, 0.2) is 6.07 Å². The SMILES string of the molecule is Cc1cc(C(C)C)nc(N2CCN(C(C)C#N)CC2)n1. The zero-order valence-electron chi connectivity index (χ0n) is 12.8. The van der Waals surface area contributed by atoms with Crippen molar-refractivity contribution >= 4 is 5.95 Å². The lowest BCUT2D eigenvalue weighted by Crippen LogP contribution is -2.49. The molecule has 1 aliphatic rings. The van der Waals surface area contributed by atoms with Crippen LogP contribution in [0.25, 0.3) is 0 Å². The lowest BCUT2D eigenvalue weighted by Gasteiger charge is -2.36. The van der Waals surface area contributed by atoms with Crippen LogP contribution in [-0.4, -0.2) is 47.1 Å². The summed E-state index contributed by atoms with van der Waals surface area (Å²) in [4.78, 5) is 13.7. The van der Waals surface area contributed by atoms with Crippen molar-refractivity contribution in [2.75, 3.05) is 31.1 Å². The molecule has 1 unspecified atom stereocenters. The highest BCUT2D eigenvalue weighted by molar-refractivity contribution is 5.34. The minimum absolute atomic E-state index is 0.0122. The molecule has 0 aliphatic carbocycles. The molecule has 1 saturated heterocycles. The maximum atomic E-state index is 8.97. The molecule has 5 heteroatoms. The highest BCUT2D eigenvalue weighted by atomic mass is 15.3. The van der Waals surface area contributed by atoms with Crippen molar-refractivity contribution < 1.29 is 0 Å². The fourth-order valence-electron chi connectivity index (χ4n) is 2.40. The van der Waals surface area contributed by atoms with Crippen molar-refractivity contribution in [2.45, 2.75) is 39.7 Å². The predicted octanol–water partition coefficient (Wildman–Crippen LogP) is 1.94. The topological polar surface area (TPSA) is 56.1 Å². The summed E-state index contributed by atoms with van der Waals surface area (Å²) in [5, 5.41) is 8.97. The Kier molecular flexibility index (Phi) is 4.56. The molecule has 1 fully saturated rings. The fraction of sp³-hybridized carbons (Fsp3) is 0.667. The number of nitrogens with zero attached hydrogens (tertiary/aromatic N) is 5. The monoisotopic (exact) mass is 273 g/mol. The smallest absolute Gasteiger partial charge is 0.225 e. The Morgan fingerprint density at radius 3 is 2.35 bits per heavy atom. The molecule has 5 nitrogen and oxygen atoms in total. The van der Waals surface area contributed by atoms with E-state index >= 15 is 0 Å². The summed E-state index contributed by atoms with van der Waals surface area (Å²) in [7, 11) is 0. The fourth-order valence-corrected chi connectivity index (χ4v) is 2.40. The normalized spacial score (nSPS) is 18.1. The number of rotatable bonds is 3. The molecule has 2 heterocycles. The average Bonchev–Trinajstić information content (AvgIpc) is 2.46.